The maximum atomic E-state index is 13.4. The van der Waals surface area contributed by atoms with Crippen molar-refractivity contribution in [3.63, 3.8) is 0 Å². The van der Waals surface area contributed by atoms with Crippen molar-refractivity contribution in [1.29, 1.82) is 5.26 Å². The molecule has 1 atom stereocenters. The minimum atomic E-state index is -0.327. The molecule has 0 unspecified atom stereocenters. The number of carbonyl (C=O) groups excluding carboxylic acids is 1. The first-order valence-electron chi connectivity index (χ1n) is 5.42. The predicted molar refractivity (Wildman–Crippen MR) is 68.5 cm³/mol. The van der Waals surface area contributed by atoms with Gasteiger partial charge >= 0.3 is 5.97 Å². The Balaban J connectivity index is 2.54. The summed E-state index contributed by atoms with van der Waals surface area (Å²) in [4.78, 5) is 11.2. The summed E-state index contributed by atoms with van der Waals surface area (Å²) in [6.45, 7) is 1.76. The van der Waals surface area contributed by atoms with E-state index in [2.05, 4.69) is 4.74 Å². The highest BCUT2D eigenvalue weighted by Gasteiger charge is 2.13. The summed E-state index contributed by atoms with van der Waals surface area (Å²) in [6.07, 6.45) is 0. The second-order valence-electron chi connectivity index (χ2n) is 3.86. The fraction of sp³-hybridized carbons (Fsp3) is 0.385. The van der Waals surface area contributed by atoms with Crippen LogP contribution >= 0.6 is 11.8 Å². The van der Waals surface area contributed by atoms with Gasteiger partial charge in [-0.15, -0.1) is 0 Å². The maximum absolute atomic E-state index is 13.4. The van der Waals surface area contributed by atoms with Crippen LogP contribution in [0.1, 0.15) is 18.1 Å². The number of methoxy groups -OCH3 is 1. The molecule has 1 rings (SSSR count). The van der Waals surface area contributed by atoms with E-state index < -0.39 is 0 Å². The second kappa shape index (κ2) is 7.02. The predicted octanol–water partition coefficient (Wildman–Crippen LogP) is 2.74. The third-order valence-corrected chi connectivity index (χ3v) is 3.65. The Bertz CT molecular complexity index is 471. The van der Waals surface area contributed by atoms with Crippen LogP contribution in [-0.2, 0) is 15.3 Å². The number of benzene rings is 1. The zero-order chi connectivity index (χ0) is 13.5. The normalized spacial score (nSPS) is 11.7. The third-order valence-electron chi connectivity index (χ3n) is 2.40. The van der Waals surface area contributed by atoms with Crippen molar-refractivity contribution in [2.45, 2.75) is 12.7 Å². The molecule has 0 heterocycles. The van der Waals surface area contributed by atoms with Crippen LogP contribution in [0.3, 0.4) is 0 Å². The van der Waals surface area contributed by atoms with Gasteiger partial charge in [0.25, 0.3) is 0 Å². The van der Waals surface area contributed by atoms with Gasteiger partial charge in [-0.1, -0.05) is 6.92 Å². The number of rotatable bonds is 5. The summed E-state index contributed by atoms with van der Waals surface area (Å²) < 4.78 is 18.0. The minimum absolute atomic E-state index is 0.220. The summed E-state index contributed by atoms with van der Waals surface area (Å²) in [5.74, 6) is 0.175. The van der Waals surface area contributed by atoms with Crippen LogP contribution in [-0.4, -0.2) is 18.8 Å². The summed E-state index contributed by atoms with van der Waals surface area (Å²) in [5.41, 5.74) is 0.920. The van der Waals surface area contributed by atoms with E-state index in [9.17, 15) is 9.18 Å². The second-order valence-corrected chi connectivity index (χ2v) is 4.89. The molecule has 1 aromatic carbocycles. The molecule has 0 aliphatic rings. The SMILES string of the molecule is COC(=O)[C@@H](C)CSCc1cc(C#N)ccc1F. The highest BCUT2D eigenvalue weighted by Crippen LogP contribution is 2.19. The number of esters is 1. The highest BCUT2D eigenvalue weighted by molar-refractivity contribution is 7.98. The van der Waals surface area contributed by atoms with Gasteiger partial charge in [0.2, 0.25) is 0 Å². The van der Waals surface area contributed by atoms with E-state index in [1.54, 1.807) is 6.92 Å². The summed E-state index contributed by atoms with van der Waals surface area (Å²) >= 11 is 1.44. The Labute approximate surface area is 110 Å². The molecule has 0 amide bonds. The summed E-state index contributed by atoms with van der Waals surface area (Å²) in [5, 5.41) is 8.73. The van der Waals surface area contributed by atoms with E-state index in [4.69, 9.17) is 5.26 Å². The lowest BCUT2D eigenvalue weighted by atomic mass is 10.1. The van der Waals surface area contributed by atoms with Crippen molar-refractivity contribution < 1.29 is 13.9 Å². The molecule has 0 fully saturated rings. The molecule has 5 heteroatoms. The molecule has 0 aliphatic carbocycles. The molecule has 0 bridgehead atoms. The van der Waals surface area contributed by atoms with Gasteiger partial charge in [-0.25, -0.2) is 4.39 Å². The summed E-state index contributed by atoms with van der Waals surface area (Å²) in [6, 6.07) is 6.24. The van der Waals surface area contributed by atoms with E-state index in [1.807, 2.05) is 6.07 Å². The standard InChI is InChI=1S/C13H14FNO2S/c1-9(13(16)17-2)7-18-8-11-5-10(6-15)3-4-12(11)14/h3-5,9H,7-8H2,1-2H3/t9-/m0/s1. The van der Waals surface area contributed by atoms with E-state index in [0.29, 0.717) is 22.6 Å². The Kier molecular flexibility index (Phi) is 5.66. The number of carbonyl (C=O) groups is 1. The number of nitrogens with zero attached hydrogens (tertiary/aromatic N) is 1. The first-order valence-corrected chi connectivity index (χ1v) is 6.58. The van der Waals surface area contributed by atoms with Crippen LogP contribution in [0.15, 0.2) is 18.2 Å². The van der Waals surface area contributed by atoms with E-state index in [1.165, 1.54) is 37.1 Å². The molecule has 18 heavy (non-hydrogen) atoms. The van der Waals surface area contributed by atoms with Gasteiger partial charge in [-0.3, -0.25) is 4.79 Å². The van der Waals surface area contributed by atoms with Gasteiger partial charge in [0, 0.05) is 11.5 Å². The molecule has 0 saturated carbocycles. The van der Waals surface area contributed by atoms with Gasteiger partial charge < -0.3 is 4.74 Å². The number of ether oxygens (including phenoxy) is 1. The molecule has 0 N–H and O–H groups in total. The van der Waals surface area contributed by atoms with Crippen molar-refractivity contribution in [3.8, 4) is 6.07 Å². The number of thioether (sulfide) groups is 1. The maximum Gasteiger partial charge on any atom is 0.309 e. The topological polar surface area (TPSA) is 50.1 Å². The molecule has 0 aliphatic heterocycles. The first-order chi connectivity index (χ1) is 8.58. The van der Waals surface area contributed by atoms with Crippen molar-refractivity contribution in [1.82, 2.24) is 0 Å². The zero-order valence-corrected chi connectivity index (χ0v) is 11.1. The number of halogens is 1. The quantitative estimate of drug-likeness (QED) is 0.770. The Morgan fingerprint density at radius 1 is 1.61 bits per heavy atom. The van der Waals surface area contributed by atoms with Crippen molar-refractivity contribution >= 4 is 17.7 Å². The lowest BCUT2D eigenvalue weighted by molar-refractivity contribution is -0.143. The van der Waals surface area contributed by atoms with E-state index in [0.717, 1.165) is 0 Å². The minimum Gasteiger partial charge on any atom is -0.469 e. The van der Waals surface area contributed by atoms with E-state index in [-0.39, 0.29) is 17.7 Å². The van der Waals surface area contributed by atoms with Crippen LogP contribution in [0, 0.1) is 23.1 Å². The van der Waals surface area contributed by atoms with Gasteiger partial charge in [0.15, 0.2) is 0 Å². The molecular formula is C13H14FNO2S. The number of nitriles is 1. The molecule has 0 aromatic heterocycles. The van der Waals surface area contributed by atoms with Crippen LogP contribution < -0.4 is 0 Å². The average molecular weight is 267 g/mol. The smallest absolute Gasteiger partial charge is 0.309 e. The van der Waals surface area contributed by atoms with Gasteiger partial charge in [-0.2, -0.15) is 17.0 Å². The van der Waals surface area contributed by atoms with Gasteiger partial charge in [0.05, 0.1) is 24.7 Å². The van der Waals surface area contributed by atoms with Gasteiger partial charge in [0.1, 0.15) is 5.82 Å². The van der Waals surface area contributed by atoms with Crippen molar-refractivity contribution in [3.05, 3.63) is 35.1 Å². The molecule has 96 valence electrons. The van der Waals surface area contributed by atoms with Gasteiger partial charge in [-0.05, 0) is 23.8 Å². The first kappa shape index (κ1) is 14.5. The molecule has 0 saturated heterocycles. The van der Waals surface area contributed by atoms with Crippen LogP contribution in [0.2, 0.25) is 0 Å². The largest absolute Gasteiger partial charge is 0.469 e. The zero-order valence-electron chi connectivity index (χ0n) is 10.3. The van der Waals surface area contributed by atoms with Crippen LogP contribution in [0.25, 0.3) is 0 Å². The Hall–Kier alpha value is -1.54. The lowest BCUT2D eigenvalue weighted by Gasteiger charge is -2.09. The Morgan fingerprint density at radius 3 is 2.94 bits per heavy atom. The molecular weight excluding hydrogens is 253 g/mol. The molecule has 3 nitrogen and oxygen atoms in total. The fourth-order valence-electron chi connectivity index (χ4n) is 1.37. The van der Waals surface area contributed by atoms with Crippen molar-refractivity contribution in [2.75, 3.05) is 12.9 Å². The van der Waals surface area contributed by atoms with Crippen LogP contribution in [0.4, 0.5) is 4.39 Å². The summed E-state index contributed by atoms with van der Waals surface area (Å²) in [7, 11) is 1.35. The molecule has 0 radical (unpaired) electrons. The average Bonchev–Trinajstić information content (AvgIpc) is 2.39. The Morgan fingerprint density at radius 2 is 2.33 bits per heavy atom. The molecule has 0 spiro atoms. The fourth-order valence-corrected chi connectivity index (χ4v) is 2.42. The van der Waals surface area contributed by atoms with Crippen molar-refractivity contribution in [2.24, 2.45) is 5.92 Å². The monoisotopic (exact) mass is 267 g/mol. The lowest BCUT2D eigenvalue weighted by Crippen LogP contribution is -2.14. The third kappa shape index (κ3) is 4.04. The number of hydrogen-bond acceptors (Lipinski definition) is 4. The van der Waals surface area contributed by atoms with E-state index >= 15 is 0 Å². The molecule has 1 aromatic rings. The highest BCUT2D eigenvalue weighted by atomic mass is 32.2. The van der Waals surface area contributed by atoms with Crippen LogP contribution in [0.5, 0.6) is 0 Å². The number of hydrogen-bond donors (Lipinski definition) is 0.